The van der Waals surface area contributed by atoms with Gasteiger partial charge >= 0.3 is 0 Å². The molecule has 110 valence electrons. The van der Waals surface area contributed by atoms with Gasteiger partial charge in [-0.3, -0.25) is 9.78 Å². The predicted molar refractivity (Wildman–Crippen MR) is 80.8 cm³/mol. The number of rotatable bonds is 4. The van der Waals surface area contributed by atoms with Crippen molar-refractivity contribution in [3.05, 3.63) is 42.2 Å². The summed E-state index contributed by atoms with van der Waals surface area (Å²) >= 11 is 0. The molecule has 1 aliphatic heterocycles. The van der Waals surface area contributed by atoms with Crippen LogP contribution in [-0.4, -0.2) is 36.7 Å². The topological polar surface area (TPSA) is 63.2 Å². The Hall–Kier alpha value is -1.98. The van der Waals surface area contributed by atoms with E-state index in [0.29, 0.717) is 19.6 Å². The number of benzene rings is 1. The highest BCUT2D eigenvalue weighted by Gasteiger charge is 2.16. The third-order valence-electron chi connectivity index (χ3n) is 3.64. The molecule has 0 radical (unpaired) electrons. The Morgan fingerprint density at radius 3 is 3.14 bits per heavy atom. The minimum Gasteiger partial charge on any atom is -0.378 e. The van der Waals surface area contributed by atoms with Gasteiger partial charge in [0.15, 0.2) is 0 Å². The van der Waals surface area contributed by atoms with Crippen molar-refractivity contribution in [2.75, 3.05) is 19.8 Å². The molecule has 0 spiro atoms. The maximum Gasteiger partial charge on any atom is 0.221 e. The SMILES string of the molecule is O=C(CC1COCCN1)NCc1nccc2ccccc12. The van der Waals surface area contributed by atoms with Crippen LogP contribution in [0.5, 0.6) is 0 Å². The van der Waals surface area contributed by atoms with Gasteiger partial charge in [-0.25, -0.2) is 0 Å². The number of hydrogen-bond donors (Lipinski definition) is 2. The van der Waals surface area contributed by atoms with Gasteiger partial charge in [-0.1, -0.05) is 24.3 Å². The van der Waals surface area contributed by atoms with Gasteiger partial charge in [0.25, 0.3) is 0 Å². The second-order valence-electron chi connectivity index (χ2n) is 5.19. The molecular weight excluding hydrogens is 266 g/mol. The standard InChI is InChI=1S/C16H19N3O2/c20-16(9-13-11-21-8-7-17-13)19-10-15-14-4-2-1-3-12(14)5-6-18-15/h1-6,13,17H,7-11H2,(H,19,20). The summed E-state index contributed by atoms with van der Waals surface area (Å²) in [5, 5.41) is 8.44. The Kier molecular flexibility index (Phi) is 4.43. The van der Waals surface area contributed by atoms with Crippen LogP contribution in [0.4, 0.5) is 0 Å². The number of carbonyl (C=O) groups is 1. The predicted octanol–water partition coefficient (Wildman–Crippen LogP) is 1.23. The molecule has 2 aromatic rings. The highest BCUT2D eigenvalue weighted by molar-refractivity contribution is 5.84. The summed E-state index contributed by atoms with van der Waals surface area (Å²) < 4.78 is 5.35. The number of hydrogen-bond acceptors (Lipinski definition) is 4. The molecule has 0 bridgehead atoms. The maximum atomic E-state index is 12.0. The van der Waals surface area contributed by atoms with E-state index in [1.54, 1.807) is 6.20 Å². The molecule has 0 aliphatic carbocycles. The van der Waals surface area contributed by atoms with Crippen molar-refractivity contribution in [2.45, 2.75) is 19.0 Å². The zero-order valence-electron chi connectivity index (χ0n) is 11.8. The van der Waals surface area contributed by atoms with Crippen molar-refractivity contribution in [2.24, 2.45) is 0 Å². The fourth-order valence-electron chi connectivity index (χ4n) is 2.55. The Morgan fingerprint density at radius 2 is 2.29 bits per heavy atom. The molecule has 1 aromatic carbocycles. The van der Waals surface area contributed by atoms with Crippen molar-refractivity contribution in [1.82, 2.24) is 15.6 Å². The van der Waals surface area contributed by atoms with Crippen LogP contribution in [0.15, 0.2) is 36.5 Å². The van der Waals surface area contributed by atoms with Crippen LogP contribution in [0, 0.1) is 0 Å². The van der Waals surface area contributed by atoms with Crippen molar-refractivity contribution in [3.63, 3.8) is 0 Å². The lowest BCUT2D eigenvalue weighted by atomic mass is 10.1. The maximum absolute atomic E-state index is 12.0. The fraction of sp³-hybridized carbons (Fsp3) is 0.375. The summed E-state index contributed by atoms with van der Waals surface area (Å²) in [5.41, 5.74) is 0.898. The number of fused-ring (bicyclic) bond motifs is 1. The van der Waals surface area contributed by atoms with Crippen LogP contribution in [0.1, 0.15) is 12.1 Å². The summed E-state index contributed by atoms with van der Waals surface area (Å²) in [6, 6.07) is 10.1. The number of nitrogens with zero attached hydrogens (tertiary/aromatic N) is 1. The fourth-order valence-corrected chi connectivity index (χ4v) is 2.55. The molecule has 5 nitrogen and oxygen atoms in total. The first-order valence-corrected chi connectivity index (χ1v) is 7.23. The monoisotopic (exact) mass is 285 g/mol. The summed E-state index contributed by atoms with van der Waals surface area (Å²) in [6.45, 7) is 2.58. The highest BCUT2D eigenvalue weighted by atomic mass is 16.5. The smallest absolute Gasteiger partial charge is 0.221 e. The quantitative estimate of drug-likeness (QED) is 0.887. The molecule has 1 unspecified atom stereocenters. The molecule has 1 atom stereocenters. The lowest BCUT2D eigenvalue weighted by molar-refractivity contribution is -0.122. The van der Waals surface area contributed by atoms with Gasteiger partial charge in [0.2, 0.25) is 5.91 Å². The first kappa shape index (κ1) is 14.0. The molecule has 21 heavy (non-hydrogen) atoms. The average Bonchev–Trinajstić information content (AvgIpc) is 2.54. The molecule has 1 amide bonds. The van der Waals surface area contributed by atoms with Crippen molar-refractivity contribution in [3.8, 4) is 0 Å². The summed E-state index contributed by atoms with van der Waals surface area (Å²) in [6.07, 6.45) is 2.21. The zero-order chi connectivity index (χ0) is 14.5. The lowest BCUT2D eigenvalue weighted by Gasteiger charge is -2.23. The highest BCUT2D eigenvalue weighted by Crippen LogP contribution is 2.15. The Balaban J connectivity index is 1.59. The Morgan fingerprint density at radius 1 is 1.38 bits per heavy atom. The van der Waals surface area contributed by atoms with Crippen molar-refractivity contribution in [1.29, 1.82) is 0 Å². The number of pyridine rings is 1. The van der Waals surface area contributed by atoms with Crippen molar-refractivity contribution >= 4 is 16.7 Å². The van der Waals surface area contributed by atoms with Gasteiger partial charge < -0.3 is 15.4 Å². The zero-order valence-corrected chi connectivity index (χ0v) is 11.8. The molecule has 1 fully saturated rings. The van der Waals surface area contributed by atoms with Crippen LogP contribution in [0.25, 0.3) is 10.8 Å². The number of amides is 1. The minimum absolute atomic E-state index is 0.0211. The molecule has 3 rings (SSSR count). The number of ether oxygens (including phenoxy) is 1. The molecule has 0 saturated carbocycles. The largest absolute Gasteiger partial charge is 0.378 e. The van der Waals surface area contributed by atoms with E-state index in [1.165, 1.54) is 0 Å². The van der Waals surface area contributed by atoms with Crippen LogP contribution >= 0.6 is 0 Å². The van der Waals surface area contributed by atoms with E-state index in [2.05, 4.69) is 15.6 Å². The molecule has 5 heteroatoms. The first-order valence-electron chi connectivity index (χ1n) is 7.23. The third kappa shape index (κ3) is 3.56. The third-order valence-corrected chi connectivity index (χ3v) is 3.64. The van der Waals surface area contributed by atoms with E-state index >= 15 is 0 Å². The Labute approximate surface area is 123 Å². The average molecular weight is 285 g/mol. The Bertz CT molecular complexity index is 618. The molecular formula is C16H19N3O2. The van der Waals surface area contributed by atoms with Crippen molar-refractivity contribution < 1.29 is 9.53 Å². The molecule has 1 aliphatic rings. The van der Waals surface area contributed by atoms with Crippen LogP contribution in [-0.2, 0) is 16.1 Å². The van der Waals surface area contributed by atoms with E-state index < -0.39 is 0 Å². The van der Waals surface area contributed by atoms with E-state index in [0.717, 1.165) is 29.6 Å². The number of carbonyl (C=O) groups excluding carboxylic acids is 1. The first-order chi connectivity index (χ1) is 10.3. The second kappa shape index (κ2) is 6.65. The second-order valence-corrected chi connectivity index (χ2v) is 5.19. The van der Waals surface area contributed by atoms with Gasteiger partial charge in [-0.15, -0.1) is 0 Å². The van der Waals surface area contributed by atoms with E-state index in [1.807, 2.05) is 30.3 Å². The normalized spacial score (nSPS) is 18.6. The molecule has 2 N–H and O–H groups in total. The molecule has 1 saturated heterocycles. The summed E-state index contributed by atoms with van der Waals surface area (Å²) in [7, 11) is 0. The van der Waals surface area contributed by atoms with Gasteiger partial charge in [0.1, 0.15) is 0 Å². The van der Waals surface area contributed by atoms with E-state index in [9.17, 15) is 4.79 Å². The van der Waals surface area contributed by atoms with Gasteiger partial charge in [0, 0.05) is 30.6 Å². The van der Waals surface area contributed by atoms with E-state index in [4.69, 9.17) is 4.74 Å². The van der Waals surface area contributed by atoms with Gasteiger partial charge in [-0.05, 0) is 11.5 Å². The van der Waals surface area contributed by atoms with Crippen LogP contribution in [0.2, 0.25) is 0 Å². The summed E-state index contributed by atoms with van der Waals surface area (Å²) in [5.74, 6) is 0.0211. The number of aromatic nitrogens is 1. The molecule has 2 heterocycles. The lowest BCUT2D eigenvalue weighted by Crippen LogP contribution is -2.44. The number of morpholine rings is 1. The number of nitrogens with one attached hydrogen (secondary N) is 2. The van der Waals surface area contributed by atoms with Crippen LogP contribution < -0.4 is 10.6 Å². The summed E-state index contributed by atoms with van der Waals surface area (Å²) in [4.78, 5) is 16.4. The van der Waals surface area contributed by atoms with Crippen LogP contribution in [0.3, 0.4) is 0 Å². The van der Waals surface area contributed by atoms with Gasteiger partial charge in [-0.2, -0.15) is 0 Å². The van der Waals surface area contributed by atoms with E-state index in [-0.39, 0.29) is 11.9 Å². The molecule has 1 aromatic heterocycles. The van der Waals surface area contributed by atoms with Gasteiger partial charge in [0.05, 0.1) is 25.5 Å². The minimum atomic E-state index is 0.0211.